The Labute approximate surface area is 148 Å². The molecule has 1 aromatic carbocycles. The van der Waals surface area contributed by atoms with E-state index < -0.39 is 10.0 Å². The summed E-state index contributed by atoms with van der Waals surface area (Å²) in [4.78, 5) is 4.21. The Hall–Kier alpha value is -2.32. The molecule has 0 aliphatic heterocycles. The number of nitrogens with zero attached hydrogens (tertiary/aromatic N) is 1. The van der Waals surface area contributed by atoms with Gasteiger partial charge in [0.15, 0.2) is 0 Å². The highest BCUT2D eigenvalue weighted by atomic mass is 32.2. The number of aryl methyl sites for hydroxylation is 2. The van der Waals surface area contributed by atoms with E-state index >= 15 is 0 Å². The third kappa shape index (κ3) is 4.83. The largest absolute Gasteiger partial charge is 0.495 e. The summed E-state index contributed by atoms with van der Waals surface area (Å²) in [5, 5.41) is 3.11. The molecule has 0 aliphatic carbocycles. The van der Waals surface area contributed by atoms with Gasteiger partial charge in [-0.25, -0.2) is 13.4 Å². The molecule has 0 bridgehead atoms. The second-order valence-electron chi connectivity index (χ2n) is 5.54. The Morgan fingerprint density at radius 3 is 2.44 bits per heavy atom. The van der Waals surface area contributed by atoms with Crippen molar-refractivity contribution in [3.05, 3.63) is 41.6 Å². The van der Waals surface area contributed by atoms with Gasteiger partial charge in [-0.2, -0.15) is 0 Å². The number of anilines is 2. The minimum atomic E-state index is -3.81. The predicted molar refractivity (Wildman–Crippen MR) is 97.9 cm³/mol. The number of nitrogens with one attached hydrogen (secondary N) is 2. The zero-order valence-corrected chi connectivity index (χ0v) is 15.6. The van der Waals surface area contributed by atoms with Crippen LogP contribution in [0.4, 0.5) is 11.5 Å². The molecular formula is C17H23N3O4S. The van der Waals surface area contributed by atoms with Crippen molar-refractivity contribution in [3.63, 3.8) is 0 Å². The highest BCUT2D eigenvalue weighted by Crippen LogP contribution is 2.28. The van der Waals surface area contributed by atoms with Gasteiger partial charge in [0.1, 0.15) is 16.5 Å². The average molecular weight is 365 g/mol. The van der Waals surface area contributed by atoms with Crippen molar-refractivity contribution >= 4 is 21.5 Å². The van der Waals surface area contributed by atoms with Crippen molar-refractivity contribution in [2.75, 3.05) is 37.4 Å². The van der Waals surface area contributed by atoms with E-state index in [4.69, 9.17) is 9.47 Å². The smallest absolute Gasteiger partial charge is 0.266 e. The second-order valence-corrected chi connectivity index (χ2v) is 7.20. The summed E-state index contributed by atoms with van der Waals surface area (Å²) < 4.78 is 38.0. The molecule has 0 radical (unpaired) electrons. The van der Waals surface area contributed by atoms with E-state index in [1.165, 1.54) is 7.11 Å². The summed E-state index contributed by atoms with van der Waals surface area (Å²) in [6.07, 6.45) is 1.56. The maximum atomic E-state index is 12.7. The van der Waals surface area contributed by atoms with Crippen LogP contribution in [0.25, 0.3) is 0 Å². The molecule has 0 spiro atoms. The zero-order chi connectivity index (χ0) is 18.4. The predicted octanol–water partition coefficient (Wildman–Crippen LogP) is 2.57. The van der Waals surface area contributed by atoms with Crippen LogP contribution < -0.4 is 14.8 Å². The van der Waals surface area contributed by atoms with Crippen molar-refractivity contribution < 1.29 is 17.9 Å². The SMILES string of the molecule is COCCNc1ccc(NS(=O)(=O)c2cc(C)c(C)cc2OC)nc1. The highest BCUT2D eigenvalue weighted by molar-refractivity contribution is 7.92. The maximum absolute atomic E-state index is 12.7. The van der Waals surface area contributed by atoms with Gasteiger partial charge in [0.05, 0.1) is 25.6 Å². The van der Waals surface area contributed by atoms with Crippen LogP contribution in [-0.2, 0) is 14.8 Å². The van der Waals surface area contributed by atoms with Crippen molar-refractivity contribution in [1.29, 1.82) is 0 Å². The summed E-state index contributed by atoms with van der Waals surface area (Å²) in [6, 6.07) is 6.65. The first-order valence-corrected chi connectivity index (χ1v) is 9.22. The number of ether oxygens (including phenoxy) is 2. The van der Waals surface area contributed by atoms with E-state index in [0.29, 0.717) is 18.9 Å². The lowest BCUT2D eigenvalue weighted by molar-refractivity contribution is 0.211. The number of sulfonamides is 1. The number of aromatic nitrogens is 1. The molecule has 0 saturated carbocycles. The fourth-order valence-electron chi connectivity index (χ4n) is 2.18. The van der Waals surface area contributed by atoms with Crippen LogP contribution in [0.3, 0.4) is 0 Å². The normalized spacial score (nSPS) is 11.2. The van der Waals surface area contributed by atoms with E-state index in [0.717, 1.165) is 16.8 Å². The molecule has 7 nitrogen and oxygen atoms in total. The minimum Gasteiger partial charge on any atom is -0.495 e. The topological polar surface area (TPSA) is 89.6 Å². The summed E-state index contributed by atoms with van der Waals surface area (Å²) in [6.45, 7) is 4.97. The lowest BCUT2D eigenvalue weighted by Crippen LogP contribution is -2.15. The molecule has 0 saturated heterocycles. The Balaban J connectivity index is 2.20. The van der Waals surface area contributed by atoms with Gasteiger partial charge in [-0.1, -0.05) is 0 Å². The molecule has 0 unspecified atom stereocenters. The molecule has 8 heteroatoms. The second kappa shape index (κ2) is 8.17. The van der Waals surface area contributed by atoms with Crippen LogP contribution >= 0.6 is 0 Å². The van der Waals surface area contributed by atoms with Crippen LogP contribution in [0.5, 0.6) is 5.75 Å². The number of pyridine rings is 1. The summed E-state index contributed by atoms with van der Waals surface area (Å²) in [7, 11) is -0.737. The fraction of sp³-hybridized carbons (Fsp3) is 0.353. The standard InChI is InChI=1S/C17H23N3O4S/c1-12-9-15(24-4)16(10-13(12)2)25(21,22)20-17-6-5-14(11-19-17)18-7-8-23-3/h5-6,9-11,18H,7-8H2,1-4H3,(H,19,20). The molecular weight excluding hydrogens is 342 g/mol. The van der Waals surface area contributed by atoms with Gasteiger partial charge >= 0.3 is 0 Å². The third-order valence-corrected chi connectivity index (χ3v) is 5.08. The van der Waals surface area contributed by atoms with E-state index in [1.807, 2.05) is 13.8 Å². The first kappa shape index (κ1) is 19.0. The zero-order valence-electron chi connectivity index (χ0n) is 14.8. The maximum Gasteiger partial charge on any atom is 0.266 e. The van der Waals surface area contributed by atoms with Crippen molar-refractivity contribution in [1.82, 2.24) is 4.98 Å². The summed E-state index contributed by atoms with van der Waals surface area (Å²) in [5.41, 5.74) is 2.61. The molecule has 2 rings (SSSR count). The fourth-order valence-corrected chi connectivity index (χ4v) is 3.43. The van der Waals surface area contributed by atoms with E-state index in [1.54, 1.807) is 37.6 Å². The van der Waals surface area contributed by atoms with Gasteiger partial charge in [0.2, 0.25) is 0 Å². The number of benzene rings is 1. The molecule has 1 heterocycles. The average Bonchev–Trinajstić information content (AvgIpc) is 2.58. The lowest BCUT2D eigenvalue weighted by atomic mass is 10.1. The molecule has 0 atom stereocenters. The van der Waals surface area contributed by atoms with Gasteiger partial charge in [-0.3, -0.25) is 4.72 Å². The molecule has 0 fully saturated rings. The third-order valence-electron chi connectivity index (χ3n) is 3.71. The molecule has 0 aliphatic rings. The molecule has 25 heavy (non-hydrogen) atoms. The number of rotatable bonds is 8. The van der Waals surface area contributed by atoms with E-state index in [2.05, 4.69) is 15.0 Å². The monoisotopic (exact) mass is 365 g/mol. The summed E-state index contributed by atoms with van der Waals surface area (Å²) in [5.74, 6) is 0.533. The molecule has 2 aromatic rings. The number of methoxy groups -OCH3 is 2. The lowest BCUT2D eigenvalue weighted by Gasteiger charge is -2.13. The first-order valence-electron chi connectivity index (χ1n) is 7.74. The van der Waals surface area contributed by atoms with Crippen molar-refractivity contribution in [3.8, 4) is 5.75 Å². The number of hydrogen-bond acceptors (Lipinski definition) is 6. The molecule has 0 amide bonds. The van der Waals surface area contributed by atoms with Crippen molar-refractivity contribution in [2.24, 2.45) is 0 Å². The van der Waals surface area contributed by atoms with Gasteiger partial charge in [0, 0.05) is 13.7 Å². The Kier molecular flexibility index (Phi) is 6.22. The molecule has 1 aromatic heterocycles. The minimum absolute atomic E-state index is 0.0854. The Bertz CT molecular complexity index is 821. The summed E-state index contributed by atoms with van der Waals surface area (Å²) >= 11 is 0. The van der Waals surface area contributed by atoms with Crippen LogP contribution in [0.15, 0.2) is 35.4 Å². The van der Waals surface area contributed by atoms with E-state index in [-0.39, 0.29) is 10.7 Å². The van der Waals surface area contributed by atoms with Crippen LogP contribution in [0.2, 0.25) is 0 Å². The van der Waals surface area contributed by atoms with Gasteiger partial charge < -0.3 is 14.8 Å². The Morgan fingerprint density at radius 1 is 1.12 bits per heavy atom. The van der Waals surface area contributed by atoms with Gasteiger partial charge in [0.25, 0.3) is 10.0 Å². The Morgan fingerprint density at radius 2 is 1.84 bits per heavy atom. The first-order chi connectivity index (χ1) is 11.9. The molecule has 2 N–H and O–H groups in total. The quantitative estimate of drug-likeness (QED) is 0.699. The van der Waals surface area contributed by atoms with Crippen molar-refractivity contribution in [2.45, 2.75) is 18.7 Å². The van der Waals surface area contributed by atoms with Gasteiger partial charge in [-0.05, 0) is 49.2 Å². The van der Waals surface area contributed by atoms with Crippen LogP contribution in [0.1, 0.15) is 11.1 Å². The molecule has 136 valence electrons. The van der Waals surface area contributed by atoms with Crippen LogP contribution in [0, 0.1) is 13.8 Å². The number of hydrogen-bond donors (Lipinski definition) is 2. The highest BCUT2D eigenvalue weighted by Gasteiger charge is 2.21. The van der Waals surface area contributed by atoms with E-state index in [9.17, 15) is 8.42 Å². The van der Waals surface area contributed by atoms with Crippen LogP contribution in [-0.4, -0.2) is 40.8 Å². The van der Waals surface area contributed by atoms with Gasteiger partial charge in [-0.15, -0.1) is 0 Å².